The first-order valence-electron chi connectivity index (χ1n) is 7.75. The number of ether oxygens (including phenoxy) is 2. The predicted molar refractivity (Wildman–Crippen MR) is 89.0 cm³/mol. The van der Waals surface area contributed by atoms with Crippen molar-refractivity contribution in [1.82, 2.24) is 0 Å². The number of hydrogen-bond acceptors (Lipinski definition) is 4. The Hall–Kier alpha value is -2.33. The van der Waals surface area contributed by atoms with Crippen LogP contribution in [0.15, 0.2) is 48.5 Å². The highest BCUT2D eigenvalue weighted by Crippen LogP contribution is 2.27. The fraction of sp³-hybridized carbons (Fsp3) is 0.316. The average molecular weight is 314 g/mol. The van der Waals surface area contributed by atoms with Crippen LogP contribution in [0.1, 0.15) is 36.2 Å². The molecule has 0 fully saturated rings. The van der Waals surface area contributed by atoms with Crippen molar-refractivity contribution in [3.05, 3.63) is 59.7 Å². The SMILES string of the molecule is CCC(=O)c1ccc(OCc2ccccc2)cc1OC[C@@H](C)O. The largest absolute Gasteiger partial charge is 0.490 e. The molecule has 0 unspecified atom stereocenters. The molecule has 2 rings (SSSR count). The Labute approximate surface area is 136 Å². The zero-order valence-electron chi connectivity index (χ0n) is 13.5. The van der Waals surface area contributed by atoms with Gasteiger partial charge in [0.25, 0.3) is 0 Å². The number of aliphatic hydroxyl groups excluding tert-OH is 1. The highest BCUT2D eigenvalue weighted by atomic mass is 16.5. The first-order valence-corrected chi connectivity index (χ1v) is 7.75. The molecule has 0 saturated heterocycles. The summed E-state index contributed by atoms with van der Waals surface area (Å²) >= 11 is 0. The summed E-state index contributed by atoms with van der Waals surface area (Å²) in [7, 11) is 0. The molecule has 1 atom stereocenters. The van der Waals surface area contributed by atoms with E-state index in [1.54, 1.807) is 32.0 Å². The summed E-state index contributed by atoms with van der Waals surface area (Å²) in [4.78, 5) is 12.0. The van der Waals surface area contributed by atoms with Crippen molar-refractivity contribution in [2.75, 3.05) is 6.61 Å². The lowest BCUT2D eigenvalue weighted by Gasteiger charge is -2.14. The number of rotatable bonds is 8. The number of benzene rings is 2. The summed E-state index contributed by atoms with van der Waals surface area (Å²) in [6.45, 7) is 4.02. The summed E-state index contributed by atoms with van der Waals surface area (Å²) in [5, 5.41) is 9.38. The Bertz CT molecular complexity index is 635. The van der Waals surface area contributed by atoms with Crippen LogP contribution in [0, 0.1) is 0 Å². The standard InChI is InChI=1S/C19H22O4/c1-3-18(21)17-10-9-16(11-19(17)23-12-14(2)20)22-13-15-7-5-4-6-8-15/h4-11,14,20H,3,12-13H2,1-2H3/t14-/m1/s1. The molecule has 0 aromatic heterocycles. The Balaban J connectivity index is 2.14. The van der Waals surface area contributed by atoms with E-state index in [0.717, 1.165) is 5.56 Å². The summed E-state index contributed by atoms with van der Waals surface area (Å²) in [6, 6.07) is 15.0. The molecule has 0 spiro atoms. The first-order chi connectivity index (χ1) is 11.1. The predicted octanol–water partition coefficient (Wildman–Crippen LogP) is 3.62. The highest BCUT2D eigenvalue weighted by Gasteiger charge is 2.13. The molecule has 0 heterocycles. The molecule has 0 bridgehead atoms. The van der Waals surface area contributed by atoms with Gasteiger partial charge in [-0.15, -0.1) is 0 Å². The third-order valence-electron chi connectivity index (χ3n) is 3.30. The van der Waals surface area contributed by atoms with Gasteiger partial charge in [0.2, 0.25) is 0 Å². The second kappa shape index (κ2) is 8.34. The van der Waals surface area contributed by atoms with Crippen molar-refractivity contribution in [2.24, 2.45) is 0 Å². The van der Waals surface area contributed by atoms with Gasteiger partial charge in [-0.1, -0.05) is 37.3 Å². The number of hydrogen-bond donors (Lipinski definition) is 1. The van der Waals surface area contributed by atoms with E-state index in [1.165, 1.54) is 0 Å². The minimum Gasteiger partial charge on any atom is -0.490 e. The molecule has 0 aliphatic carbocycles. The monoisotopic (exact) mass is 314 g/mol. The van der Waals surface area contributed by atoms with Crippen LogP contribution in [0.3, 0.4) is 0 Å². The van der Waals surface area contributed by atoms with Gasteiger partial charge in [0.05, 0.1) is 11.7 Å². The van der Waals surface area contributed by atoms with Gasteiger partial charge in [-0.3, -0.25) is 4.79 Å². The zero-order valence-corrected chi connectivity index (χ0v) is 13.5. The molecule has 2 aromatic carbocycles. The summed E-state index contributed by atoms with van der Waals surface area (Å²) in [6.07, 6.45) is -0.205. The Morgan fingerprint density at radius 1 is 1.13 bits per heavy atom. The molecule has 4 nitrogen and oxygen atoms in total. The molecule has 122 valence electrons. The van der Waals surface area contributed by atoms with Gasteiger partial charge in [-0.25, -0.2) is 0 Å². The maximum absolute atomic E-state index is 12.0. The molecule has 2 aromatic rings. The van der Waals surface area contributed by atoms with E-state index in [9.17, 15) is 9.90 Å². The molecule has 1 N–H and O–H groups in total. The molecule has 0 radical (unpaired) electrons. The van der Waals surface area contributed by atoms with E-state index in [-0.39, 0.29) is 12.4 Å². The lowest BCUT2D eigenvalue weighted by Crippen LogP contribution is -2.14. The highest BCUT2D eigenvalue weighted by molar-refractivity contribution is 5.98. The van der Waals surface area contributed by atoms with Gasteiger partial charge in [-0.2, -0.15) is 0 Å². The summed E-state index contributed by atoms with van der Waals surface area (Å²) < 4.78 is 11.3. The number of carbonyl (C=O) groups excluding carboxylic acids is 1. The van der Waals surface area contributed by atoms with Crippen molar-refractivity contribution < 1.29 is 19.4 Å². The Morgan fingerprint density at radius 2 is 1.87 bits per heavy atom. The van der Waals surface area contributed by atoms with Gasteiger partial charge in [0.1, 0.15) is 24.7 Å². The van der Waals surface area contributed by atoms with Crippen LogP contribution < -0.4 is 9.47 Å². The fourth-order valence-electron chi connectivity index (χ4n) is 2.08. The third kappa shape index (κ3) is 5.11. The van der Waals surface area contributed by atoms with Crippen LogP contribution in [-0.4, -0.2) is 23.6 Å². The van der Waals surface area contributed by atoms with Gasteiger partial charge in [0, 0.05) is 12.5 Å². The van der Waals surface area contributed by atoms with E-state index in [0.29, 0.717) is 30.1 Å². The summed E-state index contributed by atoms with van der Waals surface area (Å²) in [5.74, 6) is 1.07. The van der Waals surface area contributed by atoms with Crippen molar-refractivity contribution >= 4 is 5.78 Å². The van der Waals surface area contributed by atoms with E-state index in [1.807, 2.05) is 30.3 Å². The molecule has 0 aliphatic heterocycles. The minimum atomic E-state index is -0.603. The van der Waals surface area contributed by atoms with Gasteiger partial charge < -0.3 is 14.6 Å². The van der Waals surface area contributed by atoms with Crippen LogP contribution in [0.5, 0.6) is 11.5 Å². The molecular weight excluding hydrogens is 292 g/mol. The maximum atomic E-state index is 12.0. The molecular formula is C19H22O4. The van der Waals surface area contributed by atoms with Gasteiger partial charge in [-0.05, 0) is 24.6 Å². The van der Waals surface area contributed by atoms with Crippen molar-refractivity contribution in [1.29, 1.82) is 0 Å². The van der Waals surface area contributed by atoms with E-state index in [2.05, 4.69) is 0 Å². The maximum Gasteiger partial charge on any atom is 0.166 e. The molecule has 23 heavy (non-hydrogen) atoms. The van der Waals surface area contributed by atoms with E-state index >= 15 is 0 Å². The molecule has 0 saturated carbocycles. The smallest absolute Gasteiger partial charge is 0.166 e. The number of carbonyl (C=O) groups is 1. The lowest BCUT2D eigenvalue weighted by atomic mass is 10.1. The lowest BCUT2D eigenvalue weighted by molar-refractivity contribution is 0.0971. The van der Waals surface area contributed by atoms with Crippen LogP contribution >= 0.6 is 0 Å². The van der Waals surface area contributed by atoms with Crippen LogP contribution in [-0.2, 0) is 6.61 Å². The quantitative estimate of drug-likeness (QED) is 0.756. The van der Waals surface area contributed by atoms with Crippen molar-refractivity contribution in [3.8, 4) is 11.5 Å². The van der Waals surface area contributed by atoms with Gasteiger partial charge >= 0.3 is 0 Å². The average Bonchev–Trinajstić information content (AvgIpc) is 2.58. The van der Waals surface area contributed by atoms with E-state index in [4.69, 9.17) is 9.47 Å². The topological polar surface area (TPSA) is 55.8 Å². The Kier molecular flexibility index (Phi) is 6.18. The second-order valence-electron chi connectivity index (χ2n) is 5.37. The zero-order chi connectivity index (χ0) is 16.7. The Morgan fingerprint density at radius 3 is 2.52 bits per heavy atom. The fourth-order valence-corrected chi connectivity index (χ4v) is 2.08. The van der Waals surface area contributed by atoms with Crippen LogP contribution in [0.25, 0.3) is 0 Å². The summed E-state index contributed by atoms with van der Waals surface area (Å²) in [5.41, 5.74) is 1.58. The molecule has 4 heteroatoms. The third-order valence-corrected chi connectivity index (χ3v) is 3.30. The minimum absolute atomic E-state index is 0.000187. The molecule has 0 amide bonds. The number of aliphatic hydroxyl groups is 1. The number of ketones is 1. The van der Waals surface area contributed by atoms with E-state index < -0.39 is 6.10 Å². The first kappa shape index (κ1) is 17.0. The normalized spacial score (nSPS) is 11.8. The second-order valence-corrected chi connectivity index (χ2v) is 5.37. The van der Waals surface area contributed by atoms with Crippen molar-refractivity contribution in [2.45, 2.75) is 33.0 Å². The molecule has 0 aliphatic rings. The van der Waals surface area contributed by atoms with Crippen molar-refractivity contribution in [3.63, 3.8) is 0 Å². The van der Waals surface area contributed by atoms with Crippen LogP contribution in [0.2, 0.25) is 0 Å². The van der Waals surface area contributed by atoms with Crippen LogP contribution in [0.4, 0.5) is 0 Å². The number of Topliss-reactive ketones (excluding diaryl/α,β-unsaturated/α-hetero) is 1. The van der Waals surface area contributed by atoms with Gasteiger partial charge in [0.15, 0.2) is 5.78 Å².